The van der Waals surface area contributed by atoms with E-state index in [-0.39, 0.29) is 5.41 Å². The maximum Gasteiger partial charge on any atom is 0.391 e. The minimum atomic E-state index is -3.99. The highest BCUT2D eigenvalue weighted by molar-refractivity contribution is 4.84. The van der Waals surface area contributed by atoms with Crippen LogP contribution in [0.4, 0.5) is 13.2 Å². The van der Waals surface area contributed by atoms with Gasteiger partial charge in [-0.3, -0.25) is 0 Å². The maximum absolute atomic E-state index is 12.6. The van der Waals surface area contributed by atoms with E-state index in [2.05, 4.69) is 26.1 Å². The molecule has 1 rings (SSSR count). The molecule has 0 aromatic rings. The van der Waals surface area contributed by atoms with Crippen molar-refractivity contribution < 1.29 is 13.2 Å². The summed E-state index contributed by atoms with van der Waals surface area (Å²) >= 11 is 0. The zero-order valence-electron chi connectivity index (χ0n) is 12.6. The van der Waals surface area contributed by atoms with Crippen molar-refractivity contribution in [3.05, 3.63) is 0 Å². The standard InChI is InChI=1S/C15H28F3N/c1-14(2,3)10-9-13(19-4)11-5-7-12(8-6-11)15(16,17)18/h11-13,19H,5-10H2,1-4H3. The third-order valence-electron chi connectivity index (χ3n) is 4.38. The molecule has 0 radical (unpaired) electrons. The minimum Gasteiger partial charge on any atom is -0.317 e. The SMILES string of the molecule is CNC(CCC(C)(C)C)C1CCC(C(F)(F)F)CC1. The van der Waals surface area contributed by atoms with Crippen LogP contribution in [0.15, 0.2) is 0 Å². The number of hydrogen-bond donors (Lipinski definition) is 1. The van der Waals surface area contributed by atoms with Gasteiger partial charge in [0.2, 0.25) is 0 Å². The third-order valence-corrected chi connectivity index (χ3v) is 4.38. The van der Waals surface area contributed by atoms with Crippen molar-refractivity contribution in [3.63, 3.8) is 0 Å². The smallest absolute Gasteiger partial charge is 0.317 e. The quantitative estimate of drug-likeness (QED) is 0.781. The largest absolute Gasteiger partial charge is 0.391 e. The van der Waals surface area contributed by atoms with Crippen LogP contribution in [0.25, 0.3) is 0 Å². The Morgan fingerprint density at radius 1 is 1.05 bits per heavy atom. The van der Waals surface area contributed by atoms with Gasteiger partial charge in [0, 0.05) is 6.04 Å². The van der Waals surface area contributed by atoms with Gasteiger partial charge >= 0.3 is 6.18 Å². The lowest BCUT2D eigenvalue weighted by Gasteiger charge is -2.35. The third kappa shape index (κ3) is 5.72. The van der Waals surface area contributed by atoms with Crippen LogP contribution in [0.1, 0.15) is 59.3 Å². The number of halogens is 3. The fourth-order valence-corrected chi connectivity index (χ4v) is 3.05. The lowest BCUT2D eigenvalue weighted by atomic mass is 9.76. The minimum absolute atomic E-state index is 0.290. The van der Waals surface area contributed by atoms with Crippen LogP contribution in [0.3, 0.4) is 0 Å². The molecule has 0 aromatic heterocycles. The average molecular weight is 279 g/mol. The molecular weight excluding hydrogens is 251 g/mol. The zero-order chi connectivity index (χ0) is 14.7. The summed E-state index contributed by atoms with van der Waals surface area (Å²) in [6.07, 6.45) is 0.202. The Kier molecular flexibility index (Phi) is 5.72. The van der Waals surface area contributed by atoms with E-state index in [1.165, 1.54) is 0 Å². The summed E-state index contributed by atoms with van der Waals surface area (Å²) in [7, 11) is 1.93. The van der Waals surface area contributed by atoms with E-state index >= 15 is 0 Å². The number of hydrogen-bond acceptors (Lipinski definition) is 1. The summed E-state index contributed by atoms with van der Waals surface area (Å²) in [5, 5.41) is 3.32. The Morgan fingerprint density at radius 2 is 1.58 bits per heavy atom. The summed E-state index contributed by atoms with van der Waals surface area (Å²) in [6.45, 7) is 6.63. The fourth-order valence-electron chi connectivity index (χ4n) is 3.05. The van der Waals surface area contributed by atoms with E-state index in [9.17, 15) is 13.2 Å². The molecule has 1 fully saturated rings. The Bertz CT molecular complexity index is 260. The van der Waals surface area contributed by atoms with E-state index in [1.807, 2.05) is 7.05 Å². The van der Waals surface area contributed by atoms with Gasteiger partial charge in [-0.05, 0) is 56.9 Å². The number of rotatable bonds is 4. The van der Waals surface area contributed by atoms with Crippen LogP contribution in [0.5, 0.6) is 0 Å². The number of nitrogens with one attached hydrogen (secondary N) is 1. The van der Waals surface area contributed by atoms with Crippen LogP contribution >= 0.6 is 0 Å². The van der Waals surface area contributed by atoms with Crippen molar-refractivity contribution in [2.24, 2.45) is 17.3 Å². The molecule has 1 aliphatic carbocycles. The van der Waals surface area contributed by atoms with Crippen LogP contribution in [-0.2, 0) is 0 Å². The van der Waals surface area contributed by atoms with Gasteiger partial charge in [0.1, 0.15) is 0 Å². The second-order valence-electron chi connectivity index (χ2n) is 7.15. The van der Waals surface area contributed by atoms with E-state index < -0.39 is 12.1 Å². The lowest BCUT2D eigenvalue weighted by Crippen LogP contribution is -2.38. The first-order valence-corrected chi connectivity index (χ1v) is 7.37. The molecule has 1 unspecified atom stereocenters. The highest BCUT2D eigenvalue weighted by Gasteiger charge is 2.42. The first-order chi connectivity index (χ1) is 8.63. The molecule has 1 atom stereocenters. The first-order valence-electron chi connectivity index (χ1n) is 7.37. The molecule has 0 aromatic carbocycles. The van der Waals surface area contributed by atoms with Gasteiger partial charge in [0.05, 0.1) is 5.92 Å². The predicted molar refractivity (Wildman–Crippen MR) is 73.0 cm³/mol. The van der Waals surface area contributed by atoms with Gasteiger partial charge in [-0.25, -0.2) is 0 Å². The van der Waals surface area contributed by atoms with Crippen molar-refractivity contribution in [2.45, 2.75) is 71.5 Å². The van der Waals surface area contributed by atoms with Gasteiger partial charge in [-0.15, -0.1) is 0 Å². The Labute approximate surface area is 115 Å². The van der Waals surface area contributed by atoms with Crippen molar-refractivity contribution in [1.82, 2.24) is 5.32 Å². The molecule has 0 saturated heterocycles. The van der Waals surface area contributed by atoms with E-state index in [0.29, 0.717) is 37.6 Å². The van der Waals surface area contributed by atoms with E-state index in [4.69, 9.17) is 0 Å². The molecule has 0 amide bonds. The molecule has 4 heteroatoms. The zero-order valence-corrected chi connectivity index (χ0v) is 12.6. The van der Waals surface area contributed by atoms with E-state index in [1.54, 1.807) is 0 Å². The normalized spacial score (nSPS) is 27.3. The highest BCUT2D eigenvalue weighted by atomic mass is 19.4. The second kappa shape index (κ2) is 6.47. The molecule has 1 nitrogen and oxygen atoms in total. The van der Waals surface area contributed by atoms with E-state index in [0.717, 1.165) is 12.8 Å². The Balaban J connectivity index is 2.44. The van der Waals surface area contributed by atoms with Crippen molar-refractivity contribution in [1.29, 1.82) is 0 Å². The lowest BCUT2D eigenvalue weighted by molar-refractivity contribution is -0.184. The monoisotopic (exact) mass is 279 g/mol. The summed E-state index contributed by atoms with van der Waals surface area (Å²) < 4.78 is 37.9. The fraction of sp³-hybridized carbons (Fsp3) is 1.00. The molecule has 1 aliphatic rings. The van der Waals surface area contributed by atoms with Crippen LogP contribution < -0.4 is 5.32 Å². The summed E-state index contributed by atoms with van der Waals surface area (Å²) in [6, 6.07) is 0.369. The van der Waals surface area contributed by atoms with Crippen molar-refractivity contribution in [2.75, 3.05) is 7.05 Å². The molecule has 19 heavy (non-hydrogen) atoms. The highest BCUT2D eigenvalue weighted by Crippen LogP contribution is 2.41. The Hall–Kier alpha value is -0.250. The molecule has 114 valence electrons. The topological polar surface area (TPSA) is 12.0 Å². The van der Waals surface area contributed by atoms with Crippen LogP contribution in [0, 0.1) is 17.3 Å². The molecule has 1 N–H and O–H groups in total. The van der Waals surface area contributed by atoms with Crippen molar-refractivity contribution in [3.8, 4) is 0 Å². The van der Waals surface area contributed by atoms with Crippen molar-refractivity contribution >= 4 is 0 Å². The summed E-state index contributed by atoms with van der Waals surface area (Å²) in [4.78, 5) is 0. The predicted octanol–water partition coefficient (Wildman–Crippen LogP) is 4.77. The molecule has 0 heterocycles. The molecule has 0 aliphatic heterocycles. The average Bonchev–Trinajstić information content (AvgIpc) is 2.28. The maximum atomic E-state index is 12.6. The summed E-state index contributed by atoms with van der Waals surface area (Å²) in [5.41, 5.74) is 0.290. The summed E-state index contributed by atoms with van der Waals surface area (Å²) in [5.74, 6) is -0.658. The van der Waals surface area contributed by atoms with Crippen LogP contribution in [-0.4, -0.2) is 19.3 Å². The van der Waals surface area contributed by atoms with Gasteiger partial charge < -0.3 is 5.32 Å². The van der Waals surface area contributed by atoms with Gasteiger partial charge in [0.25, 0.3) is 0 Å². The molecular formula is C15H28F3N. The Morgan fingerprint density at radius 3 is 1.95 bits per heavy atom. The second-order valence-corrected chi connectivity index (χ2v) is 7.15. The molecule has 0 spiro atoms. The first kappa shape index (κ1) is 16.8. The van der Waals surface area contributed by atoms with Gasteiger partial charge in [-0.2, -0.15) is 13.2 Å². The van der Waals surface area contributed by atoms with Gasteiger partial charge in [-0.1, -0.05) is 20.8 Å². The van der Waals surface area contributed by atoms with Gasteiger partial charge in [0.15, 0.2) is 0 Å². The molecule has 0 bridgehead atoms. The number of alkyl halides is 3. The van der Waals surface area contributed by atoms with Crippen LogP contribution in [0.2, 0.25) is 0 Å². The molecule has 1 saturated carbocycles.